The molecule has 4 rings (SSSR count). The van der Waals surface area contributed by atoms with Crippen LogP contribution in [-0.2, 0) is 12.8 Å². The molecule has 0 radical (unpaired) electrons. The normalized spacial score (nSPS) is 18.8. The van der Waals surface area contributed by atoms with Crippen LogP contribution in [-0.4, -0.2) is 65.6 Å². The van der Waals surface area contributed by atoms with Gasteiger partial charge >= 0.3 is 0 Å². The maximum absolute atomic E-state index is 6.04. The zero-order valence-electron chi connectivity index (χ0n) is 17.0. The summed E-state index contributed by atoms with van der Waals surface area (Å²) in [4.78, 5) is 14.2. The van der Waals surface area contributed by atoms with Crippen LogP contribution in [0.15, 0.2) is 29.3 Å². The second-order valence-electron chi connectivity index (χ2n) is 7.07. The summed E-state index contributed by atoms with van der Waals surface area (Å²) in [6.45, 7) is 9.48. The molecule has 0 amide bonds. The number of piperazine rings is 1. The van der Waals surface area contributed by atoms with Crippen molar-refractivity contribution >= 4 is 46.6 Å². The number of para-hydroxylation sites is 1. The van der Waals surface area contributed by atoms with Gasteiger partial charge in [0.25, 0.3) is 0 Å². The summed E-state index contributed by atoms with van der Waals surface area (Å²) >= 11 is 1.51. The molecule has 29 heavy (non-hydrogen) atoms. The standard InChI is InChI=1S/C20H28N6OS.HI/c1-3-18-23-20(28-24-18)26-11-9-25(10-12-26)19(21-4-2)22-14-16-13-15-7-5-6-8-17(15)27-16;/h5-8,16H,3-4,9-14H2,1-2H3,(H,21,22);1H. The van der Waals surface area contributed by atoms with E-state index >= 15 is 0 Å². The third-order valence-corrected chi connectivity index (χ3v) is 5.93. The van der Waals surface area contributed by atoms with Crippen molar-refractivity contribution in [2.45, 2.75) is 32.8 Å². The molecular weight excluding hydrogens is 499 g/mol. The van der Waals surface area contributed by atoms with E-state index in [2.05, 4.69) is 50.5 Å². The highest BCUT2D eigenvalue weighted by atomic mass is 127. The molecule has 7 nitrogen and oxygen atoms in total. The minimum Gasteiger partial charge on any atom is -0.488 e. The number of nitrogens with one attached hydrogen (secondary N) is 1. The molecule has 1 N–H and O–H groups in total. The second-order valence-corrected chi connectivity index (χ2v) is 7.80. The number of rotatable bonds is 5. The van der Waals surface area contributed by atoms with Crippen LogP contribution in [0, 0.1) is 0 Å². The molecule has 0 spiro atoms. The monoisotopic (exact) mass is 528 g/mol. The Bertz CT molecular complexity index is 796. The highest BCUT2D eigenvalue weighted by molar-refractivity contribution is 14.0. The molecule has 2 aliphatic heterocycles. The summed E-state index contributed by atoms with van der Waals surface area (Å²) in [6.07, 6.45) is 1.95. The lowest BCUT2D eigenvalue weighted by Crippen LogP contribution is -2.52. The van der Waals surface area contributed by atoms with Crippen LogP contribution < -0.4 is 15.0 Å². The van der Waals surface area contributed by atoms with Crippen molar-refractivity contribution in [3.05, 3.63) is 35.7 Å². The van der Waals surface area contributed by atoms with Crippen molar-refractivity contribution in [3.63, 3.8) is 0 Å². The third-order valence-electron chi connectivity index (χ3n) is 5.12. The molecule has 1 saturated heterocycles. The number of anilines is 1. The van der Waals surface area contributed by atoms with Crippen LogP contribution in [0.5, 0.6) is 5.75 Å². The number of aromatic nitrogens is 2. The number of fused-ring (bicyclic) bond motifs is 1. The van der Waals surface area contributed by atoms with Gasteiger partial charge < -0.3 is 19.9 Å². The van der Waals surface area contributed by atoms with Crippen LogP contribution in [0.2, 0.25) is 0 Å². The molecular formula is C20H29IN6OS. The topological polar surface area (TPSA) is 65.9 Å². The van der Waals surface area contributed by atoms with Crippen LogP contribution in [0.1, 0.15) is 25.2 Å². The molecule has 0 bridgehead atoms. The molecule has 1 aromatic heterocycles. The smallest absolute Gasteiger partial charge is 0.205 e. The number of guanidine groups is 1. The SMILES string of the molecule is CCNC(=NCC1Cc2ccccc2O1)N1CCN(c2nc(CC)ns2)CC1.I. The Kier molecular flexibility index (Phi) is 7.93. The zero-order chi connectivity index (χ0) is 19.3. The summed E-state index contributed by atoms with van der Waals surface area (Å²) in [5, 5.41) is 4.48. The zero-order valence-corrected chi connectivity index (χ0v) is 20.2. The first kappa shape index (κ1) is 22.1. The predicted molar refractivity (Wildman–Crippen MR) is 129 cm³/mol. The highest BCUT2D eigenvalue weighted by Gasteiger charge is 2.24. The number of halogens is 1. The summed E-state index contributed by atoms with van der Waals surface area (Å²) in [7, 11) is 0. The van der Waals surface area contributed by atoms with E-state index in [-0.39, 0.29) is 30.1 Å². The Morgan fingerprint density at radius 1 is 1.24 bits per heavy atom. The fourth-order valence-corrected chi connectivity index (χ4v) is 4.40. The first-order valence-electron chi connectivity index (χ1n) is 10.1. The van der Waals surface area contributed by atoms with Crippen molar-refractivity contribution in [1.82, 2.24) is 19.6 Å². The van der Waals surface area contributed by atoms with Crippen molar-refractivity contribution in [2.75, 3.05) is 44.2 Å². The summed E-state index contributed by atoms with van der Waals surface area (Å²) in [6, 6.07) is 8.27. The Labute approximate surface area is 193 Å². The minimum atomic E-state index is 0. The Balaban J connectivity index is 0.00000240. The average molecular weight is 528 g/mol. The second kappa shape index (κ2) is 10.4. The van der Waals surface area contributed by atoms with E-state index < -0.39 is 0 Å². The molecule has 1 atom stereocenters. The van der Waals surface area contributed by atoms with Crippen LogP contribution in [0.4, 0.5) is 5.13 Å². The summed E-state index contributed by atoms with van der Waals surface area (Å²) < 4.78 is 10.4. The van der Waals surface area contributed by atoms with Gasteiger partial charge in [0.15, 0.2) is 5.96 Å². The van der Waals surface area contributed by atoms with Gasteiger partial charge in [-0.05, 0) is 18.6 Å². The lowest BCUT2D eigenvalue weighted by Gasteiger charge is -2.36. The van der Waals surface area contributed by atoms with Gasteiger partial charge in [-0.2, -0.15) is 4.37 Å². The van der Waals surface area contributed by atoms with Crippen LogP contribution in [0.3, 0.4) is 0 Å². The number of benzene rings is 1. The van der Waals surface area contributed by atoms with Gasteiger partial charge in [-0.25, -0.2) is 9.98 Å². The molecule has 0 saturated carbocycles. The molecule has 1 fully saturated rings. The van der Waals surface area contributed by atoms with Gasteiger partial charge in [0.05, 0.1) is 6.54 Å². The van der Waals surface area contributed by atoms with Crippen LogP contribution in [0.25, 0.3) is 0 Å². The van der Waals surface area contributed by atoms with E-state index in [0.717, 1.165) is 68.2 Å². The van der Waals surface area contributed by atoms with Gasteiger partial charge in [-0.15, -0.1) is 24.0 Å². The minimum absolute atomic E-state index is 0. The summed E-state index contributed by atoms with van der Waals surface area (Å²) in [5.74, 6) is 2.92. The van der Waals surface area contributed by atoms with Crippen molar-refractivity contribution in [3.8, 4) is 5.75 Å². The molecule has 1 unspecified atom stereocenters. The summed E-state index contributed by atoms with van der Waals surface area (Å²) in [5.41, 5.74) is 1.28. The number of nitrogens with zero attached hydrogens (tertiary/aromatic N) is 5. The Morgan fingerprint density at radius 3 is 2.72 bits per heavy atom. The lowest BCUT2D eigenvalue weighted by atomic mass is 10.1. The van der Waals surface area contributed by atoms with E-state index in [0.29, 0.717) is 6.54 Å². The third kappa shape index (κ3) is 5.30. The predicted octanol–water partition coefficient (Wildman–Crippen LogP) is 2.81. The van der Waals surface area contributed by atoms with E-state index in [4.69, 9.17) is 9.73 Å². The number of hydrogen-bond donors (Lipinski definition) is 1. The Morgan fingerprint density at radius 2 is 2.03 bits per heavy atom. The highest BCUT2D eigenvalue weighted by Crippen LogP contribution is 2.28. The van der Waals surface area contributed by atoms with Gasteiger partial charge in [-0.1, -0.05) is 25.1 Å². The van der Waals surface area contributed by atoms with Gasteiger partial charge in [-0.3, -0.25) is 0 Å². The van der Waals surface area contributed by atoms with Crippen molar-refractivity contribution in [2.24, 2.45) is 4.99 Å². The number of aryl methyl sites for hydroxylation is 1. The Hall–Kier alpha value is -1.62. The number of hydrogen-bond acceptors (Lipinski definition) is 6. The largest absolute Gasteiger partial charge is 0.488 e. The maximum atomic E-state index is 6.04. The van der Waals surface area contributed by atoms with Gasteiger partial charge in [0, 0.05) is 57.1 Å². The molecule has 9 heteroatoms. The van der Waals surface area contributed by atoms with E-state index in [1.165, 1.54) is 17.1 Å². The molecule has 2 aromatic rings. The lowest BCUT2D eigenvalue weighted by molar-refractivity contribution is 0.240. The fraction of sp³-hybridized carbons (Fsp3) is 0.550. The molecule has 1 aromatic carbocycles. The van der Waals surface area contributed by atoms with E-state index in [9.17, 15) is 0 Å². The van der Waals surface area contributed by atoms with Gasteiger partial charge in [0.1, 0.15) is 17.7 Å². The molecule has 3 heterocycles. The van der Waals surface area contributed by atoms with E-state index in [1.54, 1.807) is 0 Å². The number of aliphatic imine (C=N–C) groups is 1. The molecule has 0 aliphatic carbocycles. The van der Waals surface area contributed by atoms with E-state index in [1.807, 2.05) is 12.1 Å². The van der Waals surface area contributed by atoms with Crippen molar-refractivity contribution in [1.29, 1.82) is 0 Å². The molecule has 158 valence electrons. The van der Waals surface area contributed by atoms with Crippen molar-refractivity contribution < 1.29 is 4.74 Å². The maximum Gasteiger partial charge on any atom is 0.205 e. The van der Waals surface area contributed by atoms with Crippen LogP contribution >= 0.6 is 35.5 Å². The quantitative estimate of drug-likeness (QED) is 0.366. The van der Waals surface area contributed by atoms with Gasteiger partial charge in [0.2, 0.25) is 5.13 Å². The number of ether oxygens (including phenoxy) is 1. The first-order chi connectivity index (χ1) is 13.8. The first-order valence-corrected chi connectivity index (χ1v) is 10.9. The average Bonchev–Trinajstić information content (AvgIpc) is 3.38. The fourth-order valence-electron chi connectivity index (χ4n) is 3.60. The molecule has 2 aliphatic rings.